The molecule has 0 aliphatic heterocycles. The number of aromatic nitrogens is 5. The quantitative estimate of drug-likeness (QED) is 0.184. The van der Waals surface area contributed by atoms with Crippen LogP contribution in [0.15, 0.2) is 164 Å². The Morgan fingerprint density at radius 2 is 1.13 bits per heavy atom. The maximum Gasteiger partial charge on any atom is 0.159 e. The van der Waals surface area contributed by atoms with Gasteiger partial charge in [0.05, 0.1) is 22.2 Å². The minimum atomic E-state index is 0.665. The average Bonchev–Trinajstić information content (AvgIpc) is 3.54. The Balaban J connectivity index is 1.41. The van der Waals surface area contributed by atoms with Crippen LogP contribution >= 0.6 is 0 Å². The Kier molecular flexibility index (Phi) is 6.39. The summed E-state index contributed by atoms with van der Waals surface area (Å²) in [5, 5.41) is 1.90. The predicted octanol–water partition coefficient (Wildman–Crippen LogP) is 10.2. The Morgan fingerprint density at radius 3 is 1.83 bits per heavy atom. The van der Waals surface area contributed by atoms with Crippen LogP contribution in [0.25, 0.3) is 83.6 Å². The Morgan fingerprint density at radius 1 is 0.489 bits per heavy atom. The molecule has 0 aliphatic rings. The first-order valence-electron chi connectivity index (χ1n) is 15.7. The molecule has 9 aromatic rings. The van der Waals surface area contributed by atoms with E-state index in [2.05, 4.69) is 114 Å². The molecule has 5 heteroatoms. The van der Waals surface area contributed by atoms with Crippen molar-refractivity contribution < 1.29 is 0 Å². The number of pyridine rings is 1. The van der Waals surface area contributed by atoms with Crippen LogP contribution < -0.4 is 0 Å². The van der Waals surface area contributed by atoms with E-state index >= 15 is 0 Å². The molecule has 0 atom stereocenters. The topological polar surface area (TPSA) is 56.5 Å². The first-order chi connectivity index (χ1) is 23.3. The smallest absolute Gasteiger partial charge is 0.159 e. The van der Waals surface area contributed by atoms with E-state index in [1.165, 1.54) is 0 Å². The van der Waals surface area contributed by atoms with Crippen molar-refractivity contribution in [2.24, 2.45) is 0 Å². The van der Waals surface area contributed by atoms with Gasteiger partial charge in [0.2, 0.25) is 0 Å². The lowest BCUT2D eigenvalue weighted by Gasteiger charge is -2.19. The van der Waals surface area contributed by atoms with Crippen LogP contribution in [0.3, 0.4) is 0 Å². The number of imidazole rings is 1. The van der Waals surface area contributed by atoms with Crippen molar-refractivity contribution in [3.63, 3.8) is 0 Å². The summed E-state index contributed by atoms with van der Waals surface area (Å²) in [6.45, 7) is 0. The molecule has 0 saturated heterocycles. The molecule has 0 spiro atoms. The van der Waals surface area contributed by atoms with Gasteiger partial charge < -0.3 is 0 Å². The van der Waals surface area contributed by atoms with Gasteiger partial charge in [0.15, 0.2) is 5.82 Å². The molecule has 0 bridgehead atoms. The Bertz CT molecular complexity index is 2500. The number of hydrogen-bond donors (Lipinski definition) is 0. The van der Waals surface area contributed by atoms with Gasteiger partial charge in [0, 0.05) is 34.3 Å². The second kappa shape index (κ2) is 11.2. The molecule has 0 fully saturated rings. The molecule has 0 aliphatic carbocycles. The zero-order valence-corrected chi connectivity index (χ0v) is 25.3. The van der Waals surface area contributed by atoms with Crippen molar-refractivity contribution in [3.8, 4) is 50.7 Å². The number of rotatable bonds is 5. The van der Waals surface area contributed by atoms with Gasteiger partial charge in [0.1, 0.15) is 11.3 Å². The van der Waals surface area contributed by atoms with Crippen molar-refractivity contribution in [3.05, 3.63) is 164 Å². The summed E-state index contributed by atoms with van der Waals surface area (Å²) in [5.41, 5.74) is 11.0. The summed E-state index contributed by atoms with van der Waals surface area (Å²) in [6, 6.07) is 52.3. The van der Waals surface area contributed by atoms with Gasteiger partial charge in [-0.25, -0.2) is 15.0 Å². The van der Waals surface area contributed by atoms with Crippen LogP contribution in [-0.2, 0) is 0 Å². The lowest BCUT2D eigenvalue weighted by Crippen LogP contribution is -2.03. The summed E-state index contributed by atoms with van der Waals surface area (Å²) >= 11 is 0. The first-order valence-corrected chi connectivity index (χ1v) is 15.7. The largest absolute Gasteiger partial charge is 0.292 e. The standard InChI is InChI=1S/C42H27N5/c1-4-14-28(15-5-1)32-21-12-22-33(29-16-6-2-7-17-29)38(32)42-45-35-23-10-11-24-36(35)47(42)37-26-31-20-13-25-43-39(31)40-34(37)27-44-41(46-40)30-18-8-3-9-19-30/h1-27H. The third kappa shape index (κ3) is 4.56. The van der Waals surface area contributed by atoms with Crippen LogP contribution in [-0.4, -0.2) is 24.5 Å². The number of fused-ring (bicyclic) bond motifs is 4. The molecule has 3 aromatic heterocycles. The Hall–Kier alpha value is -6.46. The highest BCUT2D eigenvalue weighted by atomic mass is 15.1. The van der Waals surface area contributed by atoms with E-state index in [4.69, 9.17) is 19.9 Å². The predicted molar refractivity (Wildman–Crippen MR) is 191 cm³/mol. The fourth-order valence-electron chi connectivity index (χ4n) is 6.57. The van der Waals surface area contributed by atoms with Gasteiger partial charge in [-0.1, -0.05) is 127 Å². The zero-order chi connectivity index (χ0) is 31.2. The van der Waals surface area contributed by atoms with Crippen LogP contribution in [0.5, 0.6) is 0 Å². The van der Waals surface area contributed by atoms with Crippen LogP contribution in [0.4, 0.5) is 0 Å². The average molecular weight is 602 g/mol. The monoisotopic (exact) mass is 601 g/mol. The summed E-state index contributed by atoms with van der Waals surface area (Å²) in [7, 11) is 0. The molecule has 0 amide bonds. The van der Waals surface area contributed by atoms with E-state index in [0.717, 1.165) is 77.7 Å². The molecule has 3 heterocycles. The van der Waals surface area contributed by atoms with Gasteiger partial charge in [0.25, 0.3) is 0 Å². The van der Waals surface area contributed by atoms with E-state index in [1.807, 2.05) is 54.9 Å². The lowest BCUT2D eigenvalue weighted by molar-refractivity contribution is 1.11. The SMILES string of the molecule is c1ccc(-c2ncc3c(-n4c(-c5c(-c6ccccc6)cccc5-c5ccccc5)nc5ccccc54)cc4cccnc4c3n2)cc1. The summed E-state index contributed by atoms with van der Waals surface area (Å²) < 4.78 is 2.28. The minimum Gasteiger partial charge on any atom is -0.292 e. The van der Waals surface area contributed by atoms with Crippen LogP contribution in [0, 0.1) is 0 Å². The van der Waals surface area contributed by atoms with Gasteiger partial charge in [-0.3, -0.25) is 9.55 Å². The molecule has 5 nitrogen and oxygen atoms in total. The molecule has 0 radical (unpaired) electrons. The third-order valence-electron chi connectivity index (χ3n) is 8.71. The fourth-order valence-corrected chi connectivity index (χ4v) is 6.57. The van der Waals surface area contributed by atoms with Gasteiger partial charge in [-0.15, -0.1) is 0 Å². The molecule has 9 rings (SSSR count). The fraction of sp³-hybridized carbons (Fsp3) is 0. The van der Waals surface area contributed by atoms with E-state index < -0.39 is 0 Å². The molecular formula is C42H27N5. The van der Waals surface area contributed by atoms with E-state index in [0.29, 0.717) is 5.82 Å². The van der Waals surface area contributed by atoms with E-state index in [1.54, 1.807) is 0 Å². The summed E-state index contributed by atoms with van der Waals surface area (Å²) in [6.07, 6.45) is 3.76. The van der Waals surface area contributed by atoms with Gasteiger partial charge in [-0.2, -0.15) is 0 Å². The lowest BCUT2D eigenvalue weighted by atomic mass is 9.91. The molecular weight excluding hydrogens is 574 g/mol. The second-order valence-electron chi connectivity index (χ2n) is 11.5. The maximum atomic E-state index is 5.39. The molecule has 47 heavy (non-hydrogen) atoms. The highest BCUT2D eigenvalue weighted by molar-refractivity contribution is 6.08. The normalized spacial score (nSPS) is 11.4. The zero-order valence-electron chi connectivity index (χ0n) is 25.3. The van der Waals surface area contributed by atoms with E-state index in [-0.39, 0.29) is 0 Å². The molecule has 6 aromatic carbocycles. The molecule has 0 unspecified atom stereocenters. The van der Waals surface area contributed by atoms with Crippen molar-refractivity contribution in [1.82, 2.24) is 24.5 Å². The first kappa shape index (κ1) is 26.9. The summed E-state index contributed by atoms with van der Waals surface area (Å²) in [4.78, 5) is 20.2. The summed E-state index contributed by atoms with van der Waals surface area (Å²) in [5.74, 6) is 1.51. The van der Waals surface area contributed by atoms with Crippen LogP contribution in [0.2, 0.25) is 0 Å². The number of hydrogen-bond acceptors (Lipinski definition) is 4. The van der Waals surface area contributed by atoms with Crippen molar-refractivity contribution in [2.45, 2.75) is 0 Å². The molecule has 0 N–H and O–H groups in total. The van der Waals surface area contributed by atoms with Crippen LogP contribution in [0.1, 0.15) is 0 Å². The molecule has 0 saturated carbocycles. The van der Waals surface area contributed by atoms with Crippen molar-refractivity contribution in [2.75, 3.05) is 0 Å². The highest BCUT2D eigenvalue weighted by Crippen LogP contribution is 2.43. The Labute approximate surface area is 271 Å². The van der Waals surface area contributed by atoms with Crippen molar-refractivity contribution in [1.29, 1.82) is 0 Å². The third-order valence-corrected chi connectivity index (χ3v) is 8.71. The van der Waals surface area contributed by atoms with Gasteiger partial charge >= 0.3 is 0 Å². The molecule has 220 valence electrons. The van der Waals surface area contributed by atoms with Gasteiger partial charge in [-0.05, 0) is 46.5 Å². The van der Waals surface area contributed by atoms with E-state index in [9.17, 15) is 0 Å². The number of para-hydroxylation sites is 2. The van der Waals surface area contributed by atoms with Crippen molar-refractivity contribution >= 4 is 32.8 Å². The number of nitrogens with zero attached hydrogens (tertiary/aromatic N) is 5. The number of benzene rings is 6. The highest BCUT2D eigenvalue weighted by Gasteiger charge is 2.24. The maximum absolute atomic E-state index is 5.39. The minimum absolute atomic E-state index is 0.665. The second-order valence-corrected chi connectivity index (χ2v) is 11.5.